The molecule has 1 heterocycles. The quantitative estimate of drug-likeness (QED) is 0.660. The van der Waals surface area contributed by atoms with Crippen LogP contribution in [0.15, 0.2) is 36.4 Å². The average Bonchev–Trinajstić information content (AvgIpc) is 2.65. The number of rotatable bonds is 5. The van der Waals surface area contributed by atoms with Gasteiger partial charge in [-0.1, -0.05) is 11.6 Å². The van der Waals surface area contributed by atoms with Crippen LogP contribution in [0.4, 0.5) is 5.69 Å². The fourth-order valence-corrected chi connectivity index (χ4v) is 2.83. The minimum atomic E-state index is -0.607. The van der Waals surface area contributed by atoms with E-state index in [1.165, 1.54) is 7.11 Å². The van der Waals surface area contributed by atoms with E-state index >= 15 is 0 Å². The van der Waals surface area contributed by atoms with E-state index in [9.17, 15) is 14.4 Å². The van der Waals surface area contributed by atoms with Gasteiger partial charge in [0.15, 0.2) is 12.4 Å². The molecule has 0 aliphatic carbocycles. The summed E-state index contributed by atoms with van der Waals surface area (Å²) in [6.45, 7) is 1.49. The summed E-state index contributed by atoms with van der Waals surface area (Å²) in [6, 6.07) is 10.2. The number of Topliss-reactive ketones (excluding diaryl/α,β-unsaturated/α-hetero) is 1. The first-order valence-corrected chi connectivity index (χ1v) is 8.25. The number of aryl methyl sites for hydroxylation is 2. The number of benzene rings is 2. The first-order chi connectivity index (χ1) is 12.5. The van der Waals surface area contributed by atoms with Crippen LogP contribution in [0, 0.1) is 6.92 Å². The lowest BCUT2D eigenvalue weighted by Crippen LogP contribution is -2.20. The first kappa shape index (κ1) is 17.7. The molecule has 0 aromatic heterocycles. The van der Waals surface area contributed by atoms with Crippen LogP contribution in [-0.4, -0.2) is 31.4 Å². The Morgan fingerprint density at radius 3 is 2.69 bits per heavy atom. The van der Waals surface area contributed by atoms with Gasteiger partial charge >= 0.3 is 5.97 Å². The number of amides is 1. The van der Waals surface area contributed by atoms with Crippen molar-refractivity contribution in [1.29, 1.82) is 0 Å². The molecule has 0 atom stereocenters. The van der Waals surface area contributed by atoms with Gasteiger partial charge in [-0.25, -0.2) is 4.79 Å². The second kappa shape index (κ2) is 7.39. The number of hydrogen-bond donors (Lipinski definition) is 1. The SMILES string of the molecule is COc1ccc(C)cc1C(=O)OCC(=O)c1ccc2c(c1)CCC(=O)N2. The molecule has 1 aliphatic rings. The molecule has 0 radical (unpaired) electrons. The fourth-order valence-electron chi connectivity index (χ4n) is 2.83. The van der Waals surface area contributed by atoms with Crippen LogP contribution in [0.2, 0.25) is 0 Å². The number of ether oxygens (including phenoxy) is 2. The molecule has 3 rings (SSSR count). The van der Waals surface area contributed by atoms with Crippen molar-refractivity contribution in [3.8, 4) is 5.75 Å². The lowest BCUT2D eigenvalue weighted by molar-refractivity contribution is -0.116. The summed E-state index contributed by atoms with van der Waals surface area (Å²) < 4.78 is 10.3. The van der Waals surface area contributed by atoms with Crippen LogP contribution < -0.4 is 10.1 Å². The maximum absolute atomic E-state index is 12.4. The van der Waals surface area contributed by atoms with Gasteiger partial charge in [-0.3, -0.25) is 9.59 Å². The molecule has 0 saturated carbocycles. The smallest absolute Gasteiger partial charge is 0.342 e. The largest absolute Gasteiger partial charge is 0.496 e. The third-order valence-corrected chi connectivity index (χ3v) is 4.23. The summed E-state index contributed by atoms with van der Waals surface area (Å²) in [7, 11) is 1.47. The summed E-state index contributed by atoms with van der Waals surface area (Å²) in [6.07, 6.45) is 0.981. The highest BCUT2D eigenvalue weighted by Gasteiger charge is 2.19. The van der Waals surface area contributed by atoms with Crippen LogP contribution in [0.5, 0.6) is 5.75 Å². The standard InChI is InChI=1S/C20H19NO5/c1-12-3-7-18(25-2)15(9-12)20(24)26-11-17(22)14-4-6-16-13(10-14)5-8-19(23)21-16/h3-4,6-7,9-10H,5,8,11H2,1-2H3,(H,21,23). The Hall–Kier alpha value is -3.15. The number of anilines is 1. The molecular weight excluding hydrogens is 334 g/mol. The Kier molecular flexibility index (Phi) is 5.02. The highest BCUT2D eigenvalue weighted by atomic mass is 16.5. The highest BCUT2D eigenvalue weighted by Crippen LogP contribution is 2.24. The van der Waals surface area contributed by atoms with Gasteiger partial charge in [0.1, 0.15) is 11.3 Å². The fraction of sp³-hybridized carbons (Fsp3) is 0.250. The van der Waals surface area contributed by atoms with E-state index < -0.39 is 5.97 Å². The summed E-state index contributed by atoms with van der Waals surface area (Å²) in [5.41, 5.74) is 3.25. The van der Waals surface area contributed by atoms with E-state index in [2.05, 4.69) is 5.32 Å². The molecule has 2 aromatic carbocycles. The second-order valence-corrected chi connectivity index (χ2v) is 6.12. The van der Waals surface area contributed by atoms with Crippen molar-refractivity contribution in [3.05, 3.63) is 58.7 Å². The van der Waals surface area contributed by atoms with Gasteiger partial charge in [0.05, 0.1) is 7.11 Å². The van der Waals surface area contributed by atoms with Crippen LogP contribution in [0.3, 0.4) is 0 Å². The average molecular weight is 353 g/mol. The number of esters is 1. The van der Waals surface area contributed by atoms with E-state index in [-0.39, 0.29) is 23.9 Å². The summed E-state index contributed by atoms with van der Waals surface area (Å²) in [5.74, 6) is -0.538. The monoisotopic (exact) mass is 353 g/mol. The second-order valence-electron chi connectivity index (χ2n) is 6.12. The van der Waals surface area contributed by atoms with Crippen molar-refractivity contribution >= 4 is 23.3 Å². The predicted molar refractivity (Wildman–Crippen MR) is 95.7 cm³/mol. The van der Waals surface area contributed by atoms with E-state index in [1.54, 1.807) is 30.3 Å². The van der Waals surface area contributed by atoms with Crippen molar-refractivity contribution in [1.82, 2.24) is 0 Å². The molecule has 1 amide bonds. The maximum atomic E-state index is 12.4. The Bertz CT molecular complexity index is 888. The minimum absolute atomic E-state index is 0.0300. The van der Waals surface area contributed by atoms with Gasteiger partial charge < -0.3 is 14.8 Å². The summed E-state index contributed by atoms with van der Waals surface area (Å²) in [4.78, 5) is 36.0. The molecule has 26 heavy (non-hydrogen) atoms. The van der Waals surface area contributed by atoms with E-state index in [1.807, 2.05) is 13.0 Å². The number of fused-ring (bicyclic) bond motifs is 1. The molecule has 0 fully saturated rings. The molecule has 0 saturated heterocycles. The van der Waals surface area contributed by atoms with Crippen molar-refractivity contribution in [2.75, 3.05) is 19.0 Å². The van der Waals surface area contributed by atoms with Crippen LogP contribution in [0.25, 0.3) is 0 Å². The van der Waals surface area contributed by atoms with Gasteiger partial charge in [0.2, 0.25) is 5.91 Å². The van der Waals surface area contributed by atoms with Crippen molar-refractivity contribution in [2.24, 2.45) is 0 Å². The lowest BCUT2D eigenvalue weighted by atomic mass is 9.99. The van der Waals surface area contributed by atoms with Crippen molar-refractivity contribution in [2.45, 2.75) is 19.8 Å². The maximum Gasteiger partial charge on any atom is 0.342 e. The van der Waals surface area contributed by atoms with E-state index in [4.69, 9.17) is 9.47 Å². The molecule has 134 valence electrons. The molecule has 6 nitrogen and oxygen atoms in total. The Morgan fingerprint density at radius 1 is 1.12 bits per heavy atom. The van der Waals surface area contributed by atoms with Gasteiger partial charge in [-0.05, 0) is 49.2 Å². The van der Waals surface area contributed by atoms with Gasteiger partial charge in [-0.2, -0.15) is 0 Å². The molecule has 6 heteroatoms. The van der Waals surface area contributed by atoms with Gasteiger partial charge in [0, 0.05) is 17.7 Å². The molecule has 0 unspecified atom stereocenters. The van der Waals surface area contributed by atoms with E-state index in [0.29, 0.717) is 24.2 Å². The molecule has 2 aromatic rings. The van der Waals surface area contributed by atoms with Crippen molar-refractivity contribution in [3.63, 3.8) is 0 Å². The van der Waals surface area contributed by atoms with Gasteiger partial charge in [-0.15, -0.1) is 0 Å². The van der Waals surface area contributed by atoms with Gasteiger partial charge in [0.25, 0.3) is 0 Å². The van der Waals surface area contributed by atoms with Crippen molar-refractivity contribution < 1.29 is 23.9 Å². The zero-order valence-electron chi connectivity index (χ0n) is 14.6. The Morgan fingerprint density at radius 2 is 1.92 bits per heavy atom. The van der Waals surface area contributed by atoms with Crippen LogP contribution >= 0.6 is 0 Å². The van der Waals surface area contributed by atoms with Crippen LogP contribution in [0.1, 0.15) is 38.3 Å². The zero-order chi connectivity index (χ0) is 18.7. The van der Waals surface area contributed by atoms with Crippen LogP contribution in [-0.2, 0) is 16.0 Å². The summed E-state index contributed by atoms with van der Waals surface area (Å²) >= 11 is 0. The molecule has 1 aliphatic heterocycles. The molecule has 1 N–H and O–H groups in total. The first-order valence-electron chi connectivity index (χ1n) is 8.25. The predicted octanol–water partition coefficient (Wildman–Crippen LogP) is 2.93. The normalized spacial score (nSPS) is 12.8. The number of hydrogen-bond acceptors (Lipinski definition) is 5. The molecule has 0 spiro atoms. The third kappa shape index (κ3) is 3.74. The Labute approximate surface area is 151 Å². The number of carbonyl (C=O) groups excluding carboxylic acids is 3. The molecular formula is C20H19NO5. The number of methoxy groups -OCH3 is 1. The number of ketones is 1. The molecule has 0 bridgehead atoms. The number of nitrogens with one attached hydrogen (secondary N) is 1. The Balaban J connectivity index is 1.68. The summed E-state index contributed by atoms with van der Waals surface area (Å²) in [5, 5.41) is 2.77. The lowest BCUT2D eigenvalue weighted by Gasteiger charge is -2.17. The minimum Gasteiger partial charge on any atom is -0.496 e. The highest BCUT2D eigenvalue weighted by molar-refractivity contribution is 6.01. The van der Waals surface area contributed by atoms with E-state index in [0.717, 1.165) is 16.8 Å². The topological polar surface area (TPSA) is 81.7 Å². The zero-order valence-corrected chi connectivity index (χ0v) is 14.6. The third-order valence-electron chi connectivity index (χ3n) is 4.23. The number of carbonyl (C=O) groups is 3.